The number of ether oxygens (including phenoxy) is 1. The molecule has 4 aromatic rings. The minimum atomic E-state index is 0.364. The van der Waals surface area contributed by atoms with E-state index in [1.165, 1.54) is 0 Å². The van der Waals surface area contributed by atoms with Crippen molar-refractivity contribution >= 4 is 34.9 Å². The summed E-state index contributed by atoms with van der Waals surface area (Å²) >= 11 is 5.52. The van der Waals surface area contributed by atoms with Crippen molar-refractivity contribution in [1.29, 1.82) is 0 Å². The smallest absolute Gasteiger partial charge is 0.229 e. The molecule has 9 heteroatoms. The van der Waals surface area contributed by atoms with Gasteiger partial charge in [0.25, 0.3) is 0 Å². The van der Waals surface area contributed by atoms with Crippen LogP contribution in [0.1, 0.15) is 17.0 Å². The van der Waals surface area contributed by atoms with Gasteiger partial charge in [-0.25, -0.2) is 15.0 Å². The first-order valence-electron chi connectivity index (χ1n) is 11.0. The van der Waals surface area contributed by atoms with Gasteiger partial charge in [0.1, 0.15) is 11.5 Å². The van der Waals surface area contributed by atoms with Gasteiger partial charge in [0.05, 0.1) is 6.54 Å². The van der Waals surface area contributed by atoms with E-state index in [0.717, 1.165) is 34.1 Å². The van der Waals surface area contributed by atoms with E-state index in [4.69, 9.17) is 17.0 Å². The van der Waals surface area contributed by atoms with Gasteiger partial charge in [-0.1, -0.05) is 24.3 Å². The fourth-order valence-corrected chi connectivity index (χ4v) is 3.38. The third-order valence-electron chi connectivity index (χ3n) is 4.68. The van der Waals surface area contributed by atoms with Gasteiger partial charge in [0.15, 0.2) is 5.11 Å². The maximum atomic E-state index is 5.84. The van der Waals surface area contributed by atoms with Crippen LogP contribution in [0.3, 0.4) is 0 Å². The van der Waals surface area contributed by atoms with Gasteiger partial charge in [-0.05, 0) is 80.2 Å². The van der Waals surface area contributed by atoms with E-state index in [1.54, 1.807) is 12.4 Å². The van der Waals surface area contributed by atoms with Crippen LogP contribution < -0.4 is 20.7 Å². The molecule has 0 aliphatic carbocycles. The Hall–Kier alpha value is -4.37. The van der Waals surface area contributed by atoms with E-state index in [-0.39, 0.29) is 0 Å². The molecule has 0 aliphatic rings. The van der Waals surface area contributed by atoms with E-state index >= 15 is 0 Å². The van der Waals surface area contributed by atoms with Crippen molar-refractivity contribution in [1.82, 2.24) is 20.3 Å². The highest BCUT2D eigenvalue weighted by molar-refractivity contribution is 7.80. The number of aryl methyl sites for hydroxylation is 2. The van der Waals surface area contributed by atoms with E-state index in [1.807, 2.05) is 86.6 Å². The number of hydrogen-bond acceptors (Lipinski definition) is 6. The first kappa shape index (κ1) is 23.8. The Morgan fingerprint density at radius 1 is 0.886 bits per heavy atom. The van der Waals surface area contributed by atoms with Crippen molar-refractivity contribution in [2.45, 2.75) is 20.4 Å². The molecule has 0 aliphatic heterocycles. The molecule has 0 fully saturated rings. The molecule has 0 radical (unpaired) electrons. The minimum absolute atomic E-state index is 0.364. The second-order valence-electron chi connectivity index (χ2n) is 7.64. The molecule has 2 aromatic heterocycles. The van der Waals surface area contributed by atoms with Gasteiger partial charge in [-0.15, -0.1) is 0 Å². The molecule has 0 amide bonds. The Morgan fingerprint density at radius 3 is 2.29 bits per heavy atom. The number of guanidine groups is 1. The van der Waals surface area contributed by atoms with Crippen LogP contribution in [0.5, 0.6) is 11.5 Å². The molecule has 0 atom stereocenters. The van der Waals surface area contributed by atoms with Crippen LogP contribution in [-0.2, 0) is 6.54 Å². The number of thiocarbonyl (C=S) groups is 1. The van der Waals surface area contributed by atoms with Crippen molar-refractivity contribution < 1.29 is 4.74 Å². The summed E-state index contributed by atoms with van der Waals surface area (Å²) in [6.07, 6.45) is 3.49. The molecule has 8 nitrogen and oxygen atoms in total. The summed E-state index contributed by atoms with van der Waals surface area (Å²) in [5, 5.41) is 9.76. The summed E-state index contributed by atoms with van der Waals surface area (Å²) in [4.78, 5) is 17.6. The van der Waals surface area contributed by atoms with Crippen molar-refractivity contribution in [2.75, 3.05) is 10.6 Å². The van der Waals surface area contributed by atoms with Crippen LogP contribution in [0.25, 0.3) is 0 Å². The average molecular weight is 484 g/mol. The predicted molar refractivity (Wildman–Crippen MR) is 143 cm³/mol. The highest BCUT2D eigenvalue weighted by Crippen LogP contribution is 2.22. The third-order valence-corrected chi connectivity index (χ3v) is 4.88. The SMILES string of the molecule is Cc1cc(C)nc(NC(=NCc2cccnc2)NC(=S)Nc2ccc(Oc3ccccc3)cc2)n1. The van der Waals surface area contributed by atoms with E-state index in [9.17, 15) is 0 Å². The number of para-hydroxylation sites is 1. The lowest BCUT2D eigenvalue weighted by atomic mass is 10.3. The fourth-order valence-electron chi connectivity index (χ4n) is 3.16. The van der Waals surface area contributed by atoms with Crippen LogP contribution in [-0.4, -0.2) is 26.0 Å². The van der Waals surface area contributed by atoms with Gasteiger partial charge >= 0.3 is 0 Å². The number of rotatable bonds is 6. The van der Waals surface area contributed by atoms with Gasteiger partial charge in [0.2, 0.25) is 11.9 Å². The second kappa shape index (κ2) is 11.7. The molecule has 2 aromatic carbocycles. The van der Waals surface area contributed by atoms with Crippen molar-refractivity contribution in [2.24, 2.45) is 4.99 Å². The summed E-state index contributed by atoms with van der Waals surface area (Å²) in [6, 6.07) is 22.9. The number of anilines is 2. The quantitative estimate of drug-likeness (QED) is 0.195. The first-order chi connectivity index (χ1) is 17.0. The van der Waals surface area contributed by atoms with Crippen LogP contribution in [0, 0.1) is 13.8 Å². The lowest BCUT2D eigenvalue weighted by Crippen LogP contribution is -2.39. The largest absolute Gasteiger partial charge is 0.457 e. The summed E-state index contributed by atoms with van der Waals surface area (Å²) in [6.45, 7) is 4.23. The van der Waals surface area contributed by atoms with E-state index in [2.05, 4.69) is 35.9 Å². The number of aromatic nitrogens is 3. The molecule has 0 saturated heterocycles. The zero-order valence-electron chi connectivity index (χ0n) is 19.4. The Kier molecular flexibility index (Phi) is 7.92. The Balaban J connectivity index is 1.43. The maximum Gasteiger partial charge on any atom is 0.229 e. The average Bonchev–Trinajstić information content (AvgIpc) is 2.84. The van der Waals surface area contributed by atoms with Crippen molar-refractivity contribution in [3.05, 3.63) is 102 Å². The zero-order valence-corrected chi connectivity index (χ0v) is 20.2. The summed E-state index contributed by atoms with van der Waals surface area (Å²) in [5.41, 5.74) is 3.47. The molecule has 35 heavy (non-hydrogen) atoms. The van der Waals surface area contributed by atoms with E-state index < -0.39 is 0 Å². The number of aliphatic imine (C=N–C) groups is 1. The maximum absolute atomic E-state index is 5.84. The number of hydrogen-bond donors (Lipinski definition) is 3. The topological polar surface area (TPSA) is 96.4 Å². The lowest BCUT2D eigenvalue weighted by Gasteiger charge is -2.14. The molecule has 0 saturated carbocycles. The third kappa shape index (κ3) is 7.58. The van der Waals surface area contributed by atoms with Crippen LogP contribution in [0.2, 0.25) is 0 Å². The lowest BCUT2D eigenvalue weighted by molar-refractivity contribution is 0.483. The van der Waals surface area contributed by atoms with Gasteiger partial charge in [-0.2, -0.15) is 0 Å². The van der Waals surface area contributed by atoms with Gasteiger partial charge < -0.3 is 15.4 Å². The predicted octanol–water partition coefficient (Wildman–Crippen LogP) is 5.24. The van der Waals surface area contributed by atoms with Crippen molar-refractivity contribution in [3.63, 3.8) is 0 Å². The normalized spacial score (nSPS) is 11.0. The number of benzene rings is 2. The summed E-state index contributed by atoms with van der Waals surface area (Å²) in [5.74, 6) is 2.36. The van der Waals surface area contributed by atoms with Gasteiger partial charge in [-0.3, -0.25) is 10.3 Å². The number of pyridine rings is 1. The molecule has 2 heterocycles. The molecular formula is C26H25N7OS. The highest BCUT2D eigenvalue weighted by atomic mass is 32.1. The van der Waals surface area contributed by atoms with Crippen LogP contribution in [0.15, 0.2) is 90.2 Å². The Morgan fingerprint density at radius 2 is 1.60 bits per heavy atom. The molecule has 3 N–H and O–H groups in total. The monoisotopic (exact) mass is 483 g/mol. The molecule has 0 unspecified atom stereocenters. The minimum Gasteiger partial charge on any atom is -0.457 e. The van der Waals surface area contributed by atoms with E-state index in [0.29, 0.717) is 23.6 Å². The van der Waals surface area contributed by atoms with Crippen molar-refractivity contribution in [3.8, 4) is 11.5 Å². The zero-order chi connectivity index (χ0) is 24.5. The summed E-state index contributed by atoms with van der Waals surface area (Å²) < 4.78 is 5.84. The number of nitrogens with one attached hydrogen (secondary N) is 3. The first-order valence-corrected chi connectivity index (χ1v) is 11.4. The fraction of sp³-hybridized carbons (Fsp3) is 0.115. The molecular weight excluding hydrogens is 458 g/mol. The molecule has 4 rings (SSSR count). The Bertz CT molecular complexity index is 1280. The van der Waals surface area contributed by atoms with Crippen LogP contribution >= 0.6 is 12.2 Å². The van der Waals surface area contributed by atoms with Gasteiger partial charge in [0, 0.05) is 29.5 Å². The molecule has 0 bridgehead atoms. The molecule has 176 valence electrons. The highest BCUT2D eigenvalue weighted by Gasteiger charge is 2.08. The second-order valence-corrected chi connectivity index (χ2v) is 8.05. The number of nitrogens with zero attached hydrogens (tertiary/aromatic N) is 4. The standard InChI is InChI=1S/C26H25N7OS/c1-18-15-19(2)30-25(29-18)32-24(28-17-20-7-6-14-27-16-20)33-26(35)31-21-10-12-23(13-11-21)34-22-8-4-3-5-9-22/h3-16H,17H2,1-2H3,(H3,28,29,30,31,32,33,35). The molecule has 0 spiro atoms. The Labute approximate surface area is 209 Å². The summed E-state index contributed by atoms with van der Waals surface area (Å²) in [7, 11) is 0. The van der Waals surface area contributed by atoms with Crippen LogP contribution in [0.4, 0.5) is 11.6 Å².